The Morgan fingerprint density at radius 2 is 2.09 bits per heavy atom. The first-order valence-electron chi connectivity index (χ1n) is 4.39. The maximum atomic E-state index is 10.6. The third-order valence-corrected chi connectivity index (χ3v) is 2.84. The van der Waals surface area contributed by atoms with Gasteiger partial charge in [0.2, 0.25) is 0 Å². The van der Waals surface area contributed by atoms with Crippen LogP contribution in [0.4, 0.5) is 0 Å². The Bertz CT molecular complexity index is 123. The topological polar surface area (TPSA) is 17.1 Å². The molecule has 0 bridgehead atoms. The summed E-state index contributed by atoms with van der Waals surface area (Å²) in [5.41, 5.74) is 0. The molecule has 2 atom stereocenters. The molecule has 2 unspecified atom stereocenters. The van der Waals surface area contributed by atoms with Gasteiger partial charge in [-0.2, -0.15) is 0 Å². The van der Waals surface area contributed by atoms with Crippen LogP contribution in [0.25, 0.3) is 0 Å². The Morgan fingerprint density at radius 1 is 1.36 bits per heavy atom. The van der Waals surface area contributed by atoms with E-state index in [4.69, 9.17) is 11.6 Å². The standard InChI is InChI=1S/C9H15ClO/c10-6-5-8-3-1-2-4-9(8)7-11/h7-9H,1-6H2. The monoisotopic (exact) mass is 174 g/mol. The summed E-state index contributed by atoms with van der Waals surface area (Å²) in [6.07, 6.45) is 6.94. The zero-order valence-corrected chi connectivity index (χ0v) is 7.52. The van der Waals surface area contributed by atoms with Crippen molar-refractivity contribution >= 4 is 17.9 Å². The van der Waals surface area contributed by atoms with E-state index in [1.54, 1.807) is 0 Å². The fraction of sp³-hybridized carbons (Fsp3) is 0.889. The average Bonchev–Trinajstić information content (AvgIpc) is 2.06. The number of alkyl halides is 1. The van der Waals surface area contributed by atoms with Crippen LogP contribution in [0.1, 0.15) is 32.1 Å². The second-order valence-corrected chi connectivity index (χ2v) is 3.70. The molecule has 0 heterocycles. The molecule has 0 saturated heterocycles. The number of hydrogen-bond donors (Lipinski definition) is 0. The van der Waals surface area contributed by atoms with E-state index in [0.717, 1.165) is 19.1 Å². The first kappa shape index (κ1) is 9.05. The van der Waals surface area contributed by atoms with Gasteiger partial charge in [0.1, 0.15) is 6.29 Å². The number of carbonyl (C=O) groups is 1. The smallest absolute Gasteiger partial charge is 0.123 e. The molecule has 1 aliphatic rings. The summed E-state index contributed by atoms with van der Waals surface area (Å²) in [6, 6.07) is 0. The van der Waals surface area contributed by atoms with Gasteiger partial charge in [0.05, 0.1) is 0 Å². The molecule has 1 aliphatic carbocycles. The second-order valence-electron chi connectivity index (χ2n) is 3.32. The molecule has 2 heteroatoms. The van der Waals surface area contributed by atoms with Gasteiger partial charge in [0.25, 0.3) is 0 Å². The quantitative estimate of drug-likeness (QED) is 0.475. The second kappa shape index (κ2) is 4.76. The molecule has 1 fully saturated rings. The van der Waals surface area contributed by atoms with Crippen LogP contribution >= 0.6 is 11.6 Å². The summed E-state index contributed by atoms with van der Waals surface area (Å²) in [6.45, 7) is 0. The molecule has 0 aromatic rings. The van der Waals surface area contributed by atoms with Gasteiger partial charge in [-0.3, -0.25) is 0 Å². The third kappa shape index (κ3) is 2.48. The summed E-state index contributed by atoms with van der Waals surface area (Å²) >= 11 is 5.64. The summed E-state index contributed by atoms with van der Waals surface area (Å²) in [5.74, 6) is 1.59. The van der Waals surface area contributed by atoms with Gasteiger partial charge in [-0.25, -0.2) is 0 Å². The van der Waals surface area contributed by atoms with Gasteiger partial charge < -0.3 is 4.79 Å². The van der Waals surface area contributed by atoms with Crippen LogP contribution in [0.15, 0.2) is 0 Å². The van der Waals surface area contributed by atoms with E-state index < -0.39 is 0 Å². The van der Waals surface area contributed by atoms with E-state index in [-0.39, 0.29) is 0 Å². The fourth-order valence-corrected chi connectivity index (χ4v) is 2.19. The van der Waals surface area contributed by atoms with Crippen LogP contribution in [0.2, 0.25) is 0 Å². The highest BCUT2D eigenvalue weighted by molar-refractivity contribution is 6.17. The van der Waals surface area contributed by atoms with E-state index in [9.17, 15) is 4.79 Å². The molecule has 0 radical (unpaired) electrons. The zero-order valence-electron chi connectivity index (χ0n) is 6.76. The lowest BCUT2D eigenvalue weighted by Crippen LogP contribution is -2.20. The average molecular weight is 175 g/mol. The highest BCUT2D eigenvalue weighted by Gasteiger charge is 2.23. The van der Waals surface area contributed by atoms with Crippen molar-refractivity contribution in [2.75, 3.05) is 5.88 Å². The Morgan fingerprint density at radius 3 is 2.73 bits per heavy atom. The molecule has 1 rings (SSSR count). The molecule has 0 aliphatic heterocycles. The van der Waals surface area contributed by atoms with Crippen LogP contribution in [-0.2, 0) is 4.79 Å². The van der Waals surface area contributed by atoms with E-state index in [2.05, 4.69) is 0 Å². The molecular formula is C9H15ClO. The van der Waals surface area contributed by atoms with Crippen molar-refractivity contribution in [1.82, 2.24) is 0 Å². The minimum atomic E-state index is 0.308. The number of aldehydes is 1. The van der Waals surface area contributed by atoms with E-state index in [1.165, 1.54) is 19.3 Å². The van der Waals surface area contributed by atoms with Crippen LogP contribution in [0.3, 0.4) is 0 Å². The van der Waals surface area contributed by atoms with E-state index in [1.807, 2.05) is 0 Å². The lowest BCUT2D eigenvalue weighted by molar-refractivity contribution is -0.113. The predicted molar refractivity (Wildman–Crippen MR) is 46.8 cm³/mol. The molecular weight excluding hydrogens is 160 g/mol. The van der Waals surface area contributed by atoms with Crippen LogP contribution in [0.5, 0.6) is 0 Å². The van der Waals surface area contributed by atoms with Gasteiger partial charge >= 0.3 is 0 Å². The largest absolute Gasteiger partial charge is 0.303 e. The number of rotatable bonds is 3. The zero-order chi connectivity index (χ0) is 8.10. The van der Waals surface area contributed by atoms with Crippen molar-refractivity contribution in [2.45, 2.75) is 32.1 Å². The lowest BCUT2D eigenvalue weighted by Gasteiger charge is -2.26. The highest BCUT2D eigenvalue weighted by atomic mass is 35.5. The summed E-state index contributed by atoms with van der Waals surface area (Å²) in [7, 11) is 0. The van der Waals surface area contributed by atoms with Gasteiger partial charge in [0.15, 0.2) is 0 Å². The Hall–Kier alpha value is -0.0400. The molecule has 64 valence electrons. The van der Waals surface area contributed by atoms with Crippen LogP contribution < -0.4 is 0 Å². The molecule has 0 N–H and O–H groups in total. The van der Waals surface area contributed by atoms with Crippen molar-refractivity contribution in [3.8, 4) is 0 Å². The predicted octanol–water partition coefficient (Wildman–Crippen LogP) is 2.62. The van der Waals surface area contributed by atoms with Crippen LogP contribution in [0, 0.1) is 11.8 Å². The Kier molecular flexibility index (Phi) is 3.92. The van der Waals surface area contributed by atoms with E-state index >= 15 is 0 Å². The molecule has 0 spiro atoms. The lowest BCUT2D eigenvalue weighted by atomic mass is 9.79. The minimum absolute atomic E-state index is 0.308. The molecule has 1 saturated carbocycles. The maximum Gasteiger partial charge on any atom is 0.123 e. The molecule has 1 nitrogen and oxygen atoms in total. The minimum Gasteiger partial charge on any atom is -0.303 e. The van der Waals surface area contributed by atoms with Crippen molar-refractivity contribution in [3.63, 3.8) is 0 Å². The maximum absolute atomic E-state index is 10.6. The van der Waals surface area contributed by atoms with E-state index in [0.29, 0.717) is 17.7 Å². The van der Waals surface area contributed by atoms with Gasteiger partial charge in [0, 0.05) is 11.8 Å². The van der Waals surface area contributed by atoms with Gasteiger partial charge in [-0.15, -0.1) is 11.6 Å². The first-order valence-corrected chi connectivity index (χ1v) is 4.93. The van der Waals surface area contributed by atoms with Crippen molar-refractivity contribution in [3.05, 3.63) is 0 Å². The summed E-state index contributed by atoms with van der Waals surface area (Å²) in [4.78, 5) is 10.6. The van der Waals surface area contributed by atoms with Crippen molar-refractivity contribution < 1.29 is 4.79 Å². The van der Waals surface area contributed by atoms with Crippen LogP contribution in [-0.4, -0.2) is 12.2 Å². The molecule has 0 aromatic carbocycles. The first-order chi connectivity index (χ1) is 5.38. The van der Waals surface area contributed by atoms with Crippen molar-refractivity contribution in [2.24, 2.45) is 11.8 Å². The normalized spacial score (nSPS) is 31.7. The summed E-state index contributed by atoms with van der Waals surface area (Å²) < 4.78 is 0. The van der Waals surface area contributed by atoms with Crippen molar-refractivity contribution in [1.29, 1.82) is 0 Å². The summed E-state index contributed by atoms with van der Waals surface area (Å²) in [5, 5.41) is 0. The number of halogens is 1. The molecule has 0 aromatic heterocycles. The number of carbonyl (C=O) groups excluding carboxylic acids is 1. The fourth-order valence-electron chi connectivity index (χ4n) is 1.91. The SMILES string of the molecule is O=CC1CCCCC1CCCl. The molecule has 11 heavy (non-hydrogen) atoms. The third-order valence-electron chi connectivity index (χ3n) is 2.62. The Labute approximate surface area is 73.1 Å². The van der Waals surface area contributed by atoms with Gasteiger partial charge in [-0.05, 0) is 25.2 Å². The Balaban J connectivity index is 2.37. The highest BCUT2D eigenvalue weighted by Crippen LogP contribution is 2.30. The number of hydrogen-bond acceptors (Lipinski definition) is 1. The molecule has 0 amide bonds. The van der Waals surface area contributed by atoms with Gasteiger partial charge in [-0.1, -0.05) is 12.8 Å².